The minimum Gasteiger partial charge on any atom is -0.598 e. The summed E-state index contributed by atoms with van der Waals surface area (Å²) in [6.45, 7) is 4.83. The molecule has 0 saturated carbocycles. The highest BCUT2D eigenvalue weighted by molar-refractivity contribution is 7.90. The Kier molecular flexibility index (Phi) is 6.90. The Labute approximate surface area is 128 Å². The van der Waals surface area contributed by atoms with Crippen molar-refractivity contribution in [3.8, 4) is 5.75 Å². The van der Waals surface area contributed by atoms with Crippen LogP contribution >= 0.6 is 0 Å². The molecule has 0 radical (unpaired) electrons. The zero-order chi connectivity index (χ0) is 16.0. The fraction of sp³-hybridized carbons (Fsp3) is 0.600. The Hall–Kier alpha value is -0.850. The number of hydrogen-bond donors (Lipinski definition) is 1. The van der Waals surface area contributed by atoms with E-state index in [9.17, 15) is 13.3 Å². The molecule has 2 atom stereocenters. The highest BCUT2D eigenvalue weighted by Gasteiger charge is 2.29. The predicted octanol–water partition coefficient (Wildman–Crippen LogP) is 4.18. The van der Waals surface area contributed by atoms with E-state index in [1.165, 1.54) is 6.07 Å². The average Bonchev–Trinajstić information content (AvgIpc) is 2.36. The smallest absolute Gasteiger partial charge is 0.387 e. The van der Waals surface area contributed by atoms with Crippen molar-refractivity contribution in [1.29, 1.82) is 0 Å². The van der Waals surface area contributed by atoms with E-state index in [1.54, 1.807) is 12.1 Å². The van der Waals surface area contributed by atoms with E-state index in [2.05, 4.69) is 9.46 Å². The summed E-state index contributed by atoms with van der Waals surface area (Å²) in [7, 11) is 0. The Morgan fingerprint density at radius 3 is 2.52 bits per heavy atom. The number of halogens is 2. The van der Waals surface area contributed by atoms with Gasteiger partial charge in [-0.3, -0.25) is 0 Å². The molecule has 0 aromatic heterocycles. The third kappa shape index (κ3) is 6.20. The molecule has 0 aliphatic carbocycles. The van der Waals surface area contributed by atoms with E-state index in [4.69, 9.17) is 0 Å². The van der Waals surface area contributed by atoms with Crippen LogP contribution in [-0.2, 0) is 11.4 Å². The Bertz CT molecular complexity index is 438. The van der Waals surface area contributed by atoms with Crippen molar-refractivity contribution in [1.82, 2.24) is 4.72 Å². The van der Waals surface area contributed by atoms with Crippen LogP contribution in [0.3, 0.4) is 0 Å². The van der Waals surface area contributed by atoms with Crippen LogP contribution in [0.5, 0.6) is 5.75 Å². The molecule has 0 heterocycles. The summed E-state index contributed by atoms with van der Waals surface area (Å²) in [6, 6.07) is 6.39. The van der Waals surface area contributed by atoms with E-state index in [0.29, 0.717) is 0 Å². The summed E-state index contributed by atoms with van der Waals surface area (Å²) >= 11 is -1.23. The van der Waals surface area contributed by atoms with Gasteiger partial charge in [0, 0.05) is 11.4 Å². The Morgan fingerprint density at radius 2 is 2.00 bits per heavy atom. The van der Waals surface area contributed by atoms with E-state index in [-0.39, 0.29) is 16.5 Å². The molecule has 0 fully saturated rings. The second-order valence-corrected chi connectivity index (χ2v) is 7.79. The molecule has 21 heavy (non-hydrogen) atoms. The van der Waals surface area contributed by atoms with Gasteiger partial charge < -0.3 is 9.29 Å². The largest absolute Gasteiger partial charge is 0.598 e. The topological polar surface area (TPSA) is 44.3 Å². The van der Waals surface area contributed by atoms with Gasteiger partial charge in [-0.15, -0.1) is 4.72 Å². The van der Waals surface area contributed by atoms with Crippen LogP contribution < -0.4 is 9.46 Å². The standard InChI is InChI=1S/C15H23F2NO2S/c1-5-7-13(18-21(19)15(2,3)4)11-8-6-9-12(10-11)20-14(16)17/h6,8-10,13-14,18H,5,7H2,1-4H3/t13-,21?/m0/s1. The first-order valence-electron chi connectivity index (χ1n) is 6.97. The van der Waals surface area contributed by atoms with Crippen LogP contribution in [-0.4, -0.2) is 15.9 Å². The molecule has 1 rings (SSSR count). The molecule has 1 aromatic rings. The first-order chi connectivity index (χ1) is 9.74. The van der Waals surface area contributed by atoms with E-state index in [1.807, 2.05) is 33.8 Å². The fourth-order valence-corrected chi connectivity index (χ4v) is 2.66. The van der Waals surface area contributed by atoms with Crippen LogP contribution in [0.1, 0.15) is 52.1 Å². The summed E-state index contributed by atoms with van der Waals surface area (Å²) in [4.78, 5) is 0. The summed E-state index contributed by atoms with van der Waals surface area (Å²) in [5.74, 6) is 0.118. The van der Waals surface area contributed by atoms with Crippen LogP contribution in [0.4, 0.5) is 8.78 Å². The van der Waals surface area contributed by atoms with Gasteiger partial charge in [-0.1, -0.05) is 25.5 Å². The first kappa shape index (κ1) is 18.2. The number of nitrogens with one attached hydrogen (secondary N) is 1. The lowest BCUT2D eigenvalue weighted by Gasteiger charge is -2.28. The maximum atomic E-state index is 12.3. The average molecular weight is 319 g/mol. The number of hydrogen-bond acceptors (Lipinski definition) is 3. The quantitative estimate of drug-likeness (QED) is 0.767. The molecule has 1 unspecified atom stereocenters. The molecule has 3 nitrogen and oxygen atoms in total. The van der Waals surface area contributed by atoms with Gasteiger partial charge in [-0.05, 0) is 44.9 Å². The van der Waals surface area contributed by atoms with Crippen molar-refractivity contribution in [2.45, 2.75) is 57.9 Å². The molecule has 1 aromatic carbocycles. The zero-order valence-corrected chi connectivity index (χ0v) is 13.7. The zero-order valence-electron chi connectivity index (χ0n) is 12.9. The second kappa shape index (κ2) is 7.96. The summed E-state index contributed by atoms with van der Waals surface area (Å²) in [6.07, 6.45) is 1.65. The summed E-state index contributed by atoms with van der Waals surface area (Å²) in [5.41, 5.74) is 0.799. The maximum Gasteiger partial charge on any atom is 0.387 e. The SMILES string of the molecule is CCC[C@H](N[S+]([O-])C(C)(C)C)c1cccc(OC(F)F)c1. The molecular formula is C15H23F2NO2S. The van der Waals surface area contributed by atoms with Gasteiger partial charge in [0.05, 0.1) is 6.04 Å². The molecule has 0 amide bonds. The number of alkyl halides is 2. The van der Waals surface area contributed by atoms with Gasteiger partial charge in [0.25, 0.3) is 0 Å². The highest BCUT2D eigenvalue weighted by Crippen LogP contribution is 2.26. The first-order valence-corrected chi connectivity index (χ1v) is 8.12. The molecule has 0 aliphatic rings. The van der Waals surface area contributed by atoms with Gasteiger partial charge >= 0.3 is 6.61 Å². The Morgan fingerprint density at radius 1 is 1.33 bits per heavy atom. The van der Waals surface area contributed by atoms with Gasteiger partial charge in [0.15, 0.2) is 0 Å². The minimum absolute atomic E-state index is 0.118. The molecular weight excluding hydrogens is 296 g/mol. The predicted molar refractivity (Wildman–Crippen MR) is 81.8 cm³/mol. The molecule has 6 heteroatoms. The van der Waals surface area contributed by atoms with Crippen molar-refractivity contribution in [2.75, 3.05) is 0 Å². The van der Waals surface area contributed by atoms with Gasteiger partial charge in [0.1, 0.15) is 10.5 Å². The van der Waals surface area contributed by atoms with Gasteiger partial charge in [-0.25, -0.2) is 0 Å². The number of rotatable bonds is 7. The van der Waals surface area contributed by atoms with Crippen molar-refractivity contribution in [3.63, 3.8) is 0 Å². The molecule has 120 valence electrons. The fourth-order valence-electron chi connectivity index (χ4n) is 1.80. The van der Waals surface area contributed by atoms with Crippen molar-refractivity contribution < 1.29 is 18.1 Å². The molecule has 0 aliphatic heterocycles. The van der Waals surface area contributed by atoms with E-state index >= 15 is 0 Å². The molecule has 1 N–H and O–H groups in total. The van der Waals surface area contributed by atoms with Gasteiger partial charge in [-0.2, -0.15) is 8.78 Å². The third-order valence-electron chi connectivity index (χ3n) is 2.87. The molecule has 0 spiro atoms. The summed E-state index contributed by atoms with van der Waals surface area (Å²) < 4.78 is 43.9. The summed E-state index contributed by atoms with van der Waals surface area (Å²) in [5, 5.41) is 0. The van der Waals surface area contributed by atoms with E-state index < -0.39 is 18.0 Å². The minimum atomic E-state index is -2.85. The third-order valence-corrected chi connectivity index (χ3v) is 4.48. The highest BCUT2D eigenvalue weighted by atomic mass is 32.2. The van der Waals surface area contributed by atoms with Crippen LogP contribution in [0, 0.1) is 0 Å². The lowest BCUT2D eigenvalue weighted by atomic mass is 10.0. The van der Waals surface area contributed by atoms with Crippen LogP contribution in [0.25, 0.3) is 0 Å². The monoisotopic (exact) mass is 319 g/mol. The van der Waals surface area contributed by atoms with Gasteiger partial charge in [0.2, 0.25) is 0 Å². The number of benzene rings is 1. The lowest BCUT2D eigenvalue weighted by Crippen LogP contribution is -2.41. The number of ether oxygens (including phenoxy) is 1. The Balaban J connectivity index is 2.89. The molecule has 0 saturated heterocycles. The second-order valence-electron chi connectivity index (χ2n) is 5.79. The van der Waals surface area contributed by atoms with Crippen molar-refractivity contribution in [3.05, 3.63) is 29.8 Å². The maximum absolute atomic E-state index is 12.3. The lowest BCUT2D eigenvalue weighted by molar-refractivity contribution is -0.0499. The van der Waals surface area contributed by atoms with E-state index in [0.717, 1.165) is 18.4 Å². The van der Waals surface area contributed by atoms with Crippen molar-refractivity contribution >= 4 is 11.4 Å². The van der Waals surface area contributed by atoms with Crippen molar-refractivity contribution in [2.24, 2.45) is 0 Å². The normalized spacial score (nSPS) is 15.0. The van der Waals surface area contributed by atoms with Crippen LogP contribution in [0.15, 0.2) is 24.3 Å². The molecule has 0 bridgehead atoms. The van der Waals surface area contributed by atoms with Crippen LogP contribution in [0.2, 0.25) is 0 Å².